The van der Waals surface area contributed by atoms with Crippen LogP contribution in [0.4, 0.5) is 0 Å². The predicted molar refractivity (Wildman–Crippen MR) is 88.0 cm³/mol. The van der Waals surface area contributed by atoms with E-state index >= 15 is 0 Å². The second kappa shape index (κ2) is 7.93. The summed E-state index contributed by atoms with van der Waals surface area (Å²) in [6.45, 7) is 4.94. The zero-order valence-corrected chi connectivity index (χ0v) is 13.5. The quantitative estimate of drug-likeness (QED) is 0.848. The molecule has 0 saturated carbocycles. The van der Waals surface area contributed by atoms with Gasteiger partial charge in [-0.15, -0.1) is 11.3 Å². The molecule has 0 aliphatic heterocycles. The van der Waals surface area contributed by atoms with Crippen molar-refractivity contribution in [3.8, 4) is 0 Å². The van der Waals surface area contributed by atoms with E-state index in [1.165, 1.54) is 10.4 Å². The largest absolute Gasteiger partial charge is 0.351 e. The van der Waals surface area contributed by atoms with Gasteiger partial charge in [0.15, 0.2) is 0 Å². The molecule has 0 spiro atoms. The Morgan fingerprint density at radius 3 is 2.81 bits per heavy atom. The Morgan fingerprint density at radius 2 is 2.14 bits per heavy atom. The van der Waals surface area contributed by atoms with Gasteiger partial charge >= 0.3 is 0 Å². The second-order valence-electron chi connectivity index (χ2n) is 4.99. The molecule has 21 heavy (non-hydrogen) atoms. The minimum atomic E-state index is 0.0352. The van der Waals surface area contributed by atoms with E-state index < -0.39 is 0 Å². The van der Waals surface area contributed by atoms with Crippen LogP contribution in [0, 0.1) is 0 Å². The molecular formula is C17H22N2OS. The van der Waals surface area contributed by atoms with Crippen LogP contribution in [-0.2, 0) is 19.3 Å². The third-order valence-electron chi connectivity index (χ3n) is 3.37. The van der Waals surface area contributed by atoms with Crippen LogP contribution in [0.15, 0.2) is 30.5 Å². The maximum Gasteiger partial charge on any atom is 0.261 e. The summed E-state index contributed by atoms with van der Waals surface area (Å²) in [4.78, 5) is 18.6. The molecule has 2 rings (SSSR count). The maximum atomic E-state index is 12.2. The summed E-state index contributed by atoms with van der Waals surface area (Å²) in [6, 6.07) is 7.89. The molecule has 0 aromatic carbocycles. The molecule has 1 amide bonds. The summed E-state index contributed by atoms with van der Waals surface area (Å²) in [5.74, 6) is 0.0352. The summed E-state index contributed by atoms with van der Waals surface area (Å²) in [7, 11) is 0. The minimum absolute atomic E-state index is 0.0352. The van der Waals surface area contributed by atoms with Gasteiger partial charge in [-0.05, 0) is 36.6 Å². The van der Waals surface area contributed by atoms with Gasteiger partial charge in [-0.2, -0.15) is 0 Å². The van der Waals surface area contributed by atoms with E-state index in [2.05, 4.69) is 24.1 Å². The van der Waals surface area contributed by atoms with Crippen molar-refractivity contribution < 1.29 is 4.79 Å². The molecule has 2 aromatic heterocycles. The van der Waals surface area contributed by atoms with Crippen molar-refractivity contribution in [1.82, 2.24) is 10.3 Å². The first-order chi connectivity index (χ1) is 10.2. The number of thiophene rings is 1. The van der Waals surface area contributed by atoms with Crippen LogP contribution >= 0.6 is 11.3 Å². The molecule has 0 aliphatic rings. The van der Waals surface area contributed by atoms with Gasteiger partial charge in [0, 0.05) is 29.7 Å². The Labute approximate surface area is 130 Å². The van der Waals surface area contributed by atoms with Crippen molar-refractivity contribution >= 4 is 17.2 Å². The average Bonchev–Trinajstić information content (AvgIpc) is 2.92. The minimum Gasteiger partial charge on any atom is -0.351 e. The molecule has 0 radical (unpaired) electrons. The number of carbonyl (C=O) groups excluding carboxylic acids is 1. The van der Waals surface area contributed by atoms with Crippen LogP contribution in [0.25, 0.3) is 0 Å². The summed E-state index contributed by atoms with van der Waals surface area (Å²) in [5.41, 5.74) is 2.32. The van der Waals surface area contributed by atoms with Crippen LogP contribution < -0.4 is 5.32 Å². The van der Waals surface area contributed by atoms with Crippen LogP contribution in [0.2, 0.25) is 0 Å². The topological polar surface area (TPSA) is 42.0 Å². The van der Waals surface area contributed by atoms with E-state index in [4.69, 9.17) is 0 Å². The Hall–Kier alpha value is -1.68. The third-order valence-corrected chi connectivity index (χ3v) is 4.61. The van der Waals surface area contributed by atoms with Gasteiger partial charge in [-0.25, -0.2) is 0 Å². The number of amides is 1. The van der Waals surface area contributed by atoms with Crippen molar-refractivity contribution in [3.63, 3.8) is 0 Å². The van der Waals surface area contributed by atoms with Crippen LogP contribution in [0.1, 0.15) is 46.1 Å². The third kappa shape index (κ3) is 4.39. The number of hydrogen-bond acceptors (Lipinski definition) is 3. The fourth-order valence-corrected chi connectivity index (χ4v) is 3.53. The molecule has 2 heterocycles. The van der Waals surface area contributed by atoms with Crippen LogP contribution in [0.5, 0.6) is 0 Å². The van der Waals surface area contributed by atoms with Gasteiger partial charge in [0.05, 0.1) is 4.88 Å². The van der Waals surface area contributed by atoms with E-state index in [0.29, 0.717) is 6.54 Å². The fourth-order valence-electron chi connectivity index (χ4n) is 2.25. The Balaban J connectivity index is 1.91. The molecule has 0 aliphatic carbocycles. The summed E-state index contributed by atoms with van der Waals surface area (Å²) < 4.78 is 0. The molecule has 0 bridgehead atoms. The summed E-state index contributed by atoms with van der Waals surface area (Å²) >= 11 is 1.64. The van der Waals surface area contributed by atoms with Gasteiger partial charge in [0.25, 0.3) is 5.91 Å². The van der Waals surface area contributed by atoms with E-state index in [1.54, 1.807) is 17.5 Å². The molecule has 3 nitrogen and oxygen atoms in total. The van der Waals surface area contributed by atoms with Gasteiger partial charge < -0.3 is 5.32 Å². The molecule has 0 saturated heterocycles. The van der Waals surface area contributed by atoms with E-state index in [1.807, 2.05) is 24.3 Å². The van der Waals surface area contributed by atoms with E-state index in [0.717, 1.165) is 36.3 Å². The highest BCUT2D eigenvalue weighted by Crippen LogP contribution is 2.24. The van der Waals surface area contributed by atoms with E-state index in [9.17, 15) is 4.79 Å². The lowest BCUT2D eigenvalue weighted by Crippen LogP contribution is -2.25. The summed E-state index contributed by atoms with van der Waals surface area (Å²) in [6.07, 6.45) is 5.72. The Morgan fingerprint density at radius 1 is 1.29 bits per heavy atom. The molecule has 0 fully saturated rings. The highest BCUT2D eigenvalue weighted by molar-refractivity contribution is 7.14. The fraction of sp³-hybridized carbons (Fsp3) is 0.412. The first-order valence-electron chi connectivity index (χ1n) is 7.54. The maximum absolute atomic E-state index is 12.2. The van der Waals surface area contributed by atoms with Crippen LogP contribution in [0.3, 0.4) is 0 Å². The molecule has 4 heteroatoms. The lowest BCUT2D eigenvalue weighted by atomic mass is 10.1. The zero-order chi connectivity index (χ0) is 15.1. The van der Waals surface area contributed by atoms with Gasteiger partial charge in [0.2, 0.25) is 0 Å². The van der Waals surface area contributed by atoms with Crippen molar-refractivity contribution in [2.45, 2.75) is 39.5 Å². The Kier molecular flexibility index (Phi) is 5.93. The van der Waals surface area contributed by atoms with Gasteiger partial charge in [-0.3, -0.25) is 9.78 Å². The molecule has 0 unspecified atom stereocenters. The van der Waals surface area contributed by atoms with Crippen molar-refractivity contribution in [3.05, 3.63) is 51.5 Å². The number of nitrogens with one attached hydrogen (secondary N) is 1. The number of hydrogen-bond donors (Lipinski definition) is 1. The standard InChI is InChI=1S/C17H22N2OS/c1-3-7-15-13(4-2)12-16(21-15)17(20)19-11-9-14-8-5-6-10-18-14/h5-6,8,10,12H,3-4,7,9,11H2,1-2H3,(H,19,20). The van der Waals surface area contributed by atoms with Crippen molar-refractivity contribution in [2.75, 3.05) is 6.54 Å². The number of aryl methyl sites for hydroxylation is 2. The van der Waals surface area contributed by atoms with Gasteiger partial charge in [0.1, 0.15) is 0 Å². The molecule has 2 aromatic rings. The normalized spacial score (nSPS) is 10.6. The second-order valence-corrected chi connectivity index (χ2v) is 6.13. The first-order valence-corrected chi connectivity index (χ1v) is 8.36. The van der Waals surface area contributed by atoms with Gasteiger partial charge in [-0.1, -0.05) is 26.3 Å². The highest BCUT2D eigenvalue weighted by Gasteiger charge is 2.12. The molecule has 1 N–H and O–H groups in total. The first kappa shape index (κ1) is 15.7. The smallest absolute Gasteiger partial charge is 0.261 e. The van der Waals surface area contributed by atoms with Crippen LogP contribution in [-0.4, -0.2) is 17.4 Å². The number of rotatable bonds is 7. The lowest BCUT2D eigenvalue weighted by molar-refractivity contribution is 0.0958. The van der Waals surface area contributed by atoms with Crippen molar-refractivity contribution in [1.29, 1.82) is 0 Å². The molecular weight excluding hydrogens is 280 g/mol. The predicted octanol–water partition coefficient (Wildman–Crippen LogP) is 3.63. The molecule has 112 valence electrons. The molecule has 0 atom stereocenters. The number of aromatic nitrogens is 1. The monoisotopic (exact) mass is 302 g/mol. The SMILES string of the molecule is CCCc1sc(C(=O)NCCc2ccccn2)cc1CC. The number of pyridine rings is 1. The average molecular weight is 302 g/mol. The number of nitrogens with zero attached hydrogens (tertiary/aromatic N) is 1. The van der Waals surface area contributed by atoms with Crippen molar-refractivity contribution in [2.24, 2.45) is 0 Å². The zero-order valence-electron chi connectivity index (χ0n) is 12.7. The number of carbonyl (C=O) groups is 1. The lowest BCUT2D eigenvalue weighted by Gasteiger charge is -2.03. The summed E-state index contributed by atoms with van der Waals surface area (Å²) in [5, 5.41) is 2.99. The highest BCUT2D eigenvalue weighted by atomic mass is 32.1. The van der Waals surface area contributed by atoms with E-state index in [-0.39, 0.29) is 5.91 Å². The Bertz CT molecular complexity index is 578.